The SMILES string of the molecule is COc1ccc(SC(=O)[C@H](F)CCc2ccccc2)cc1. The maximum absolute atomic E-state index is 13.9. The van der Waals surface area contributed by atoms with Crippen molar-refractivity contribution in [1.29, 1.82) is 0 Å². The van der Waals surface area contributed by atoms with Crippen LogP contribution in [0.1, 0.15) is 12.0 Å². The molecule has 110 valence electrons. The topological polar surface area (TPSA) is 26.3 Å². The molecule has 0 aliphatic carbocycles. The summed E-state index contributed by atoms with van der Waals surface area (Å²) in [5, 5.41) is -0.448. The van der Waals surface area contributed by atoms with Gasteiger partial charge in [-0.05, 0) is 54.4 Å². The van der Waals surface area contributed by atoms with E-state index >= 15 is 0 Å². The summed E-state index contributed by atoms with van der Waals surface area (Å²) in [5.74, 6) is 0.715. The average molecular weight is 304 g/mol. The number of carbonyl (C=O) groups excluding carboxylic acids is 1. The monoisotopic (exact) mass is 304 g/mol. The van der Waals surface area contributed by atoms with Crippen LogP contribution in [-0.4, -0.2) is 18.4 Å². The van der Waals surface area contributed by atoms with E-state index in [0.717, 1.165) is 22.2 Å². The van der Waals surface area contributed by atoms with E-state index in [9.17, 15) is 9.18 Å². The molecule has 0 heterocycles. The van der Waals surface area contributed by atoms with Gasteiger partial charge in [-0.2, -0.15) is 0 Å². The van der Waals surface area contributed by atoms with Gasteiger partial charge in [-0.3, -0.25) is 4.79 Å². The summed E-state index contributed by atoms with van der Waals surface area (Å²) in [4.78, 5) is 12.6. The molecule has 2 aromatic carbocycles. The van der Waals surface area contributed by atoms with Gasteiger partial charge in [0.1, 0.15) is 5.75 Å². The summed E-state index contributed by atoms with van der Waals surface area (Å²) in [5.41, 5.74) is 1.04. The van der Waals surface area contributed by atoms with E-state index in [-0.39, 0.29) is 6.42 Å². The van der Waals surface area contributed by atoms with Crippen molar-refractivity contribution in [3.8, 4) is 5.75 Å². The molecule has 2 rings (SSSR count). The van der Waals surface area contributed by atoms with Crippen LogP contribution in [0.25, 0.3) is 0 Å². The summed E-state index contributed by atoms with van der Waals surface area (Å²) in [6.45, 7) is 0. The van der Waals surface area contributed by atoms with Crippen LogP contribution in [0.3, 0.4) is 0 Å². The number of halogens is 1. The summed E-state index contributed by atoms with van der Waals surface area (Å²) in [7, 11) is 1.58. The van der Waals surface area contributed by atoms with Crippen LogP contribution in [0, 0.1) is 0 Å². The third-order valence-electron chi connectivity index (χ3n) is 3.06. The number of carbonyl (C=O) groups is 1. The van der Waals surface area contributed by atoms with Crippen molar-refractivity contribution in [1.82, 2.24) is 0 Å². The van der Waals surface area contributed by atoms with Gasteiger partial charge in [-0.25, -0.2) is 4.39 Å². The Hall–Kier alpha value is -1.81. The van der Waals surface area contributed by atoms with Crippen LogP contribution in [0.2, 0.25) is 0 Å². The Labute approximate surface area is 128 Å². The van der Waals surface area contributed by atoms with Crippen molar-refractivity contribution < 1.29 is 13.9 Å². The van der Waals surface area contributed by atoms with Crippen LogP contribution < -0.4 is 4.74 Å². The Morgan fingerprint density at radius 3 is 2.43 bits per heavy atom. The average Bonchev–Trinajstić information content (AvgIpc) is 2.54. The lowest BCUT2D eigenvalue weighted by molar-refractivity contribution is -0.115. The van der Waals surface area contributed by atoms with Crippen molar-refractivity contribution in [3.63, 3.8) is 0 Å². The van der Waals surface area contributed by atoms with Crippen molar-refractivity contribution in [3.05, 3.63) is 60.2 Å². The van der Waals surface area contributed by atoms with Gasteiger partial charge in [-0.15, -0.1) is 0 Å². The lowest BCUT2D eigenvalue weighted by Crippen LogP contribution is -2.12. The highest BCUT2D eigenvalue weighted by Gasteiger charge is 2.18. The largest absolute Gasteiger partial charge is 0.497 e. The lowest BCUT2D eigenvalue weighted by Gasteiger charge is -2.07. The predicted octanol–water partition coefficient (Wildman–Crippen LogP) is 4.28. The molecule has 2 nitrogen and oxygen atoms in total. The minimum Gasteiger partial charge on any atom is -0.497 e. The first-order valence-electron chi connectivity index (χ1n) is 6.73. The minimum absolute atomic E-state index is 0.214. The molecule has 0 fully saturated rings. The van der Waals surface area contributed by atoms with Gasteiger partial charge in [0.2, 0.25) is 5.12 Å². The quantitative estimate of drug-likeness (QED) is 0.745. The third kappa shape index (κ3) is 4.90. The van der Waals surface area contributed by atoms with Crippen molar-refractivity contribution in [2.24, 2.45) is 0 Å². The Balaban J connectivity index is 1.84. The van der Waals surface area contributed by atoms with Crippen LogP contribution in [-0.2, 0) is 11.2 Å². The molecular weight excluding hydrogens is 287 g/mol. The molecule has 1 atom stereocenters. The van der Waals surface area contributed by atoms with Gasteiger partial charge >= 0.3 is 0 Å². The van der Waals surface area contributed by atoms with Crippen molar-refractivity contribution >= 4 is 16.9 Å². The molecule has 2 aromatic rings. The van der Waals surface area contributed by atoms with E-state index < -0.39 is 11.3 Å². The molecule has 4 heteroatoms. The fourth-order valence-electron chi connectivity index (χ4n) is 1.88. The van der Waals surface area contributed by atoms with Crippen molar-refractivity contribution in [2.45, 2.75) is 23.9 Å². The van der Waals surface area contributed by atoms with Gasteiger partial charge in [0, 0.05) is 4.90 Å². The molecule has 0 N–H and O–H groups in total. The Bertz CT molecular complexity index is 569. The van der Waals surface area contributed by atoms with Crippen LogP contribution in [0.5, 0.6) is 5.75 Å². The maximum Gasteiger partial charge on any atom is 0.227 e. The number of rotatable bonds is 6. The first-order valence-corrected chi connectivity index (χ1v) is 7.54. The number of benzene rings is 2. The third-order valence-corrected chi connectivity index (χ3v) is 4.03. The Kier molecular flexibility index (Phi) is 5.81. The normalized spacial score (nSPS) is 11.9. The second-order valence-electron chi connectivity index (χ2n) is 4.59. The molecule has 0 bridgehead atoms. The molecular formula is C17H17FO2S. The summed E-state index contributed by atoms with van der Waals surface area (Å²) in [6.07, 6.45) is -0.666. The molecule has 0 aliphatic heterocycles. The number of aryl methyl sites for hydroxylation is 1. The maximum atomic E-state index is 13.9. The highest BCUT2D eigenvalue weighted by molar-refractivity contribution is 8.13. The van der Waals surface area contributed by atoms with Gasteiger partial charge in [-0.1, -0.05) is 30.3 Å². The predicted molar refractivity (Wildman–Crippen MR) is 83.5 cm³/mol. The molecule has 0 spiro atoms. The van der Waals surface area contributed by atoms with Crippen LogP contribution in [0.15, 0.2) is 59.5 Å². The molecule has 0 unspecified atom stereocenters. The first kappa shape index (κ1) is 15.6. The number of ether oxygens (including phenoxy) is 1. The van der Waals surface area contributed by atoms with E-state index in [1.807, 2.05) is 30.3 Å². The van der Waals surface area contributed by atoms with Gasteiger partial charge in [0.05, 0.1) is 7.11 Å². The number of hydrogen-bond acceptors (Lipinski definition) is 3. The zero-order valence-corrected chi connectivity index (χ0v) is 12.6. The molecule has 0 amide bonds. The standard InChI is InChI=1S/C17H17FO2S/c1-20-14-8-10-15(11-9-14)21-17(19)16(18)12-7-13-5-3-2-4-6-13/h2-6,8-11,16H,7,12H2,1H3/t16-/m1/s1. The summed E-state index contributed by atoms with van der Waals surface area (Å²) < 4.78 is 19.0. The number of methoxy groups -OCH3 is 1. The highest BCUT2D eigenvalue weighted by atomic mass is 32.2. The van der Waals surface area contributed by atoms with Gasteiger partial charge in [0.15, 0.2) is 6.17 Å². The highest BCUT2D eigenvalue weighted by Crippen LogP contribution is 2.25. The molecule has 0 aliphatic rings. The van der Waals surface area contributed by atoms with Gasteiger partial charge in [0.25, 0.3) is 0 Å². The van der Waals surface area contributed by atoms with E-state index in [0.29, 0.717) is 12.2 Å². The Morgan fingerprint density at radius 1 is 1.14 bits per heavy atom. The van der Waals surface area contributed by atoms with E-state index in [4.69, 9.17) is 4.74 Å². The van der Waals surface area contributed by atoms with Crippen molar-refractivity contribution in [2.75, 3.05) is 7.11 Å². The number of thioether (sulfide) groups is 1. The smallest absolute Gasteiger partial charge is 0.227 e. The van der Waals surface area contributed by atoms with Crippen LogP contribution in [0.4, 0.5) is 4.39 Å². The summed E-state index contributed by atoms with van der Waals surface area (Å²) >= 11 is 0.937. The second kappa shape index (κ2) is 7.84. The summed E-state index contributed by atoms with van der Waals surface area (Å²) in [6, 6.07) is 16.6. The molecule has 0 radical (unpaired) electrons. The molecule has 0 aromatic heterocycles. The first-order chi connectivity index (χ1) is 10.2. The second-order valence-corrected chi connectivity index (χ2v) is 5.67. The zero-order chi connectivity index (χ0) is 15.1. The fraction of sp³-hybridized carbons (Fsp3) is 0.235. The minimum atomic E-state index is -1.45. The van der Waals surface area contributed by atoms with Crippen LogP contribution >= 0.6 is 11.8 Å². The number of alkyl halides is 1. The number of hydrogen-bond donors (Lipinski definition) is 0. The molecule has 21 heavy (non-hydrogen) atoms. The van der Waals surface area contributed by atoms with E-state index in [2.05, 4.69) is 0 Å². The molecule has 0 saturated heterocycles. The fourth-order valence-corrected chi connectivity index (χ4v) is 2.63. The Morgan fingerprint density at radius 2 is 1.81 bits per heavy atom. The van der Waals surface area contributed by atoms with E-state index in [1.54, 1.807) is 31.4 Å². The molecule has 0 saturated carbocycles. The van der Waals surface area contributed by atoms with Gasteiger partial charge < -0.3 is 4.74 Å². The zero-order valence-electron chi connectivity index (χ0n) is 11.8. The van der Waals surface area contributed by atoms with E-state index in [1.165, 1.54) is 0 Å². The lowest BCUT2D eigenvalue weighted by atomic mass is 10.1.